The predicted molar refractivity (Wildman–Crippen MR) is 77.8 cm³/mol. The molecule has 0 saturated carbocycles. The monoisotopic (exact) mass is 281 g/mol. The van der Waals surface area contributed by atoms with Crippen molar-refractivity contribution in [2.24, 2.45) is 18.7 Å². The van der Waals surface area contributed by atoms with Gasteiger partial charge in [0, 0.05) is 26.2 Å². The number of hydrogen-bond acceptors (Lipinski definition) is 5. The van der Waals surface area contributed by atoms with Gasteiger partial charge in [0.2, 0.25) is 5.82 Å². The van der Waals surface area contributed by atoms with Crippen LogP contribution < -0.4 is 10.6 Å². The molecule has 2 unspecified atom stereocenters. The van der Waals surface area contributed by atoms with Crippen molar-refractivity contribution in [1.82, 2.24) is 9.78 Å². The first-order valence-corrected chi connectivity index (χ1v) is 7.16. The lowest BCUT2D eigenvalue weighted by Gasteiger charge is -2.35. The van der Waals surface area contributed by atoms with Gasteiger partial charge < -0.3 is 10.6 Å². The third kappa shape index (κ3) is 2.63. The topological polar surface area (TPSA) is 90.2 Å². The number of nitrogens with two attached hydrogens (primary N) is 1. The summed E-state index contributed by atoms with van der Waals surface area (Å²) in [6, 6.07) is 0.107. The Morgan fingerprint density at radius 2 is 2.30 bits per heavy atom. The van der Waals surface area contributed by atoms with E-state index in [4.69, 9.17) is 5.73 Å². The Morgan fingerprint density at radius 1 is 1.60 bits per heavy atom. The molecule has 1 aromatic heterocycles. The first kappa shape index (κ1) is 14.8. The van der Waals surface area contributed by atoms with Gasteiger partial charge in [0.25, 0.3) is 0 Å². The van der Waals surface area contributed by atoms with Gasteiger partial charge in [0.1, 0.15) is 5.69 Å². The summed E-state index contributed by atoms with van der Waals surface area (Å²) in [6.45, 7) is 5.48. The molecular weight excluding hydrogens is 258 g/mol. The molecule has 112 valence electrons. The highest BCUT2D eigenvalue weighted by molar-refractivity contribution is 5.61. The van der Waals surface area contributed by atoms with Crippen LogP contribution in [0.1, 0.15) is 32.4 Å². The number of nitro groups is 1. The van der Waals surface area contributed by atoms with Gasteiger partial charge in [-0.1, -0.05) is 6.92 Å². The lowest BCUT2D eigenvalue weighted by atomic mass is 9.92. The van der Waals surface area contributed by atoms with Gasteiger partial charge in [-0.2, -0.15) is 5.10 Å². The van der Waals surface area contributed by atoms with Crippen LogP contribution in [0.3, 0.4) is 0 Å². The molecule has 2 atom stereocenters. The summed E-state index contributed by atoms with van der Waals surface area (Å²) in [5.41, 5.74) is 6.70. The number of piperidine rings is 1. The molecule has 0 amide bonds. The first-order chi connectivity index (χ1) is 9.45. The zero-order valence-electron chi connectivity index (χ0n) is 12.4. The van der Waals surface area contributed by atoms with Crippen LogP contribution in [0.5, 0.6) is 0 Å². The number of nitrogens with zero attached hydrogens (tertiary/aromatic N) is 4. The Hall–Kier alpha value is -1.63. The highest BCUT2D eigenvalue weighted by atomic mass is 16.6. The van der Waals surface area contributed by atoms with E-state index in [2.05, 4.69) is 10.00 Å². The van der Waals surface area contributed by atoms with Crippen LogP contribution in [-0.2, 0) is 13.5 Å². The van der Waals surface area contributed by atoms with Crippen LogP contribution >= 0.6 is 0 Å². The minimum atomic E-state index is -0.309. The van der Waals surface area contributed by atoms with Crippen LogP contribution in [-0.4, -0.2) is 33.8 Å². The average molecular weight is 281 g/mol. The Morgan fingerprint density at radius 3 is 2.85 bits per heavy atom. The predicted octanol–water partition coefficient (Wildman–Crippen LogP) is 1.45. The Labute approximate surface area is 118 Å². The molecule has 1 aliphatic heterocycles. The summed E-state index contributed by atoms with van der Waals surface area (Å²) in [5.74, 6) is 1.00. The lowest BCUT2D eigenvalue weighted by molar-refractivity contribution is -0.384. The SMILES string of the molecule is CCc1nn(C)c(N2CCCC(C(C)N)C2)c1[N+](=O)[O-]. The van der Waals surface area contributed by atoms with Crippen molar-refractivity contribution in [3.8, 4) is 0 Å². The van der Waals surface area contributed by atoms with E-state index in [-0.39, 0.29) is 16.7 Å². The van der Waals surface area contributed by atoms with E-state index < -0.39 is 0 Å². The Balaban J connectivity index is 2.36. The average Bonchev–Trinajstić information content (AvgIpc) is 2.75. The van der Waals surface area contributed by atoms with Gasteiger partial charge in [-0.25, -0.2) is 4.68 Å². The molecule has 0 bridgehead atoms. The maximum atomic E-state index is 11.4. The first-order valence-electron chi connectivity index (χ1n) is 7.16. The highest BCUT2D eigenvalue weighted by Crippen LogP contribution is 2.34. The number of rotatable bonds is 4. The molecule has 20 heavy (non-hydrogen) atoms. The molecular formula is C13H23N5O2. The Kier molecular flexibility index (Phi) is 4.27. The molecule has 7 heteroatoms. The van der Waals surface area contributed by atoms with Gasteiger partial charge in [0.05, 0.1) is 4.92 Å². The fourth-order valence-electron chi connectivity index (χ4n) is 2.97. The van der Waals surface area contributed by atoms with Crippen molar-refractivity contribution in [1.29, 1.82) is 0 Å². The highest BCUT2D eigenvalue weighted by Gasteiger charge is 2.33. The molecule has 0 aromatic carbocycles. The summed E-state index contributed by atoms with van der Waals surface area (Å²) in [6.07, 6.45) is 2.66. The molecule has 2 N–H and O–H groups in total. The summed E-state index contributed by atoms with van der Waals surface area (Å²) < 4.78 is 1.64. The van der Waals surface area contributed by atoms with Crippen molar-refractivity contribution < 1.29 is 4.92 Å². The van der Waals surface area contributed by atoms with Crippen molar-refractivity contribution in [2.75, 3.05) is 18.0 Å². The van der Waals surface area contributed by atoms with Crippen LogP contribution in [0.2, 0.25) is 0 Å². The van der Waals surface area contributed by atoms with E-state index >= 15 is 0 Å². The van der Waals surface area contributed by atoms with Gasteiger partial charge in [-0.3, -0.25) is 10.1 Å². The second-order valence-corrected chi connectivity index (χ2v) is 5.56. The smallest absolute Gasteiger partial charge is 0.334 e. The summed E-state index contributed by atoms with van der Waals surface area (Å²) in [4.78, 5) is 13.1. The minimum absolute atomic E-state index is 0.107. The van der Waals surface area contributed by atoms with E-state index in [0.717, 1.165) is 25.9 Å². The zero-order valence-corrected chi connectivity index (χ0v) is 12.4. The van der Waals surface area contributed by atoms with E-state index in [0.29, 0.717) is 23.9 Å². The third-order valence-electron chi connectivity index (χ3n) is 4.08. The number of hydrogen-bond donors (Lipinski definition) is 1. The molecule has 0 radical (unpaired) electrons. The summed E-state index contributed by atoms with van der Waals surface area (Å²) in [7, 11) is 1.77. The van der Waals surface area contributed by atoms with Crippen molar-refractivity contribution in [3.05, 3.63) is 15.8 Å². The molecule has 1 aliphatic rings. The number of aryl methyl sites for hydroxylation is 2. The molecule has 2 heterocycles. The quantitative estimate of drug-likeness (QED) is 0.666. The maximum absolute atomic E-state index is 11.4. The molecule has 1 saturated heterocycles. The van der Waals surface area contributed by atoms with Gasteiger partial charge in [0.15, 0.2) is 0 Å². The van der Waals surface area contributed by atoms with Crippen molar-refractivity contribution in [2.45, 2.75) is 39.2 Å². The van der Waals surface area contributed by atoms with E-state index in [1.807, 2.05) is 13.8 Å². The molecule has 1 fully saturated rings. The van der Waals surface area contributed by atoms with Gasteiger partial charge in [-0.15, -0.1) is 0 Å². The second-order valence-electron chi connectivity index (χ2n) is 5.56. The normalized spacial score (nSPS) is 21.0. The molecule has 0 aliphatic carbocycles. The molecule has 7 nitrogen and oxygen atoms in total. The van der Waals surface area contributed by atoms with Gasteiger partial charge in [-0.05, 0) is 32.1 Å². The minimum Gasteiger partial charge on any atom is -0.351 e. The zero-order chi connectivity index (χ0) is 14.9. The number of aromatic nitrogens is 2. The fourth-order valence-corrected chi connectivity index (χ4v) is 2.97. The standard InChI is InChI=1S/C13H23N5O2/c1-4-11-12(18(19)20)13(16(3)15-11)17-7-5-6-10(8-17)9(2)14/h9-10H,4-8,14H2,1-3H3. The largest absolute Gasteiger partial charge is 0.351 e. The van der Waals surface area contributed by atoms with E-state index in [1.165, 1.54) is 0 Å². The van der Waals surface area contributed by atoms with Crippen LogP contribution in [0.15, 0.2) is 0 Å². The Bertz CT molecular complexity index is 497. The van der Waals surface area contributed by atoms with Crippen LogP contribution in [0, 0.1) is 16.0 Å². The van der Waals surface area contributed by atoms with Crippen LogP contribution in [0.25, 0.3) is 0 Å². The third-order valence-corrected chi connectivity index (χ3v) is 4.08. The van der Waals surface area contributed by atoms with E-state index in [1.54, 1.807) is 11.7 Å². The fraction of sp³-hybridized carbons (Fsp3) is 0.769. The number of anilines is 1. The molecule has 1 aromatic rings. The van der Waals surface area contributed by atoms with Crippen molar-refractivity contribution >= 4 is 11.5 Å². The summed E-state index contributed by atoms with van der Waals surface area (Å²) in [5, 5.41) is 15.7. The molecule has 2 rings (SSSR count). The van der Waals surface area contributed by atoms with Crippen molar-refractivity contribution in [3.63, 3.8) is 0 Å². The summed E-state index contributed by atoms with van der Waals surface area (Å²) >= 11 is 0. The maximum Gasteiger partial charge on any atom is 0.334 e. The van der Waals surface area contributed by atoms with Crippen LogP contribution in [0.4, 0.5) is 11.5 Å². The molecule has 0 spiro atoms. The van der Waals surface area contributed by atoms with Gasteiger partial charge >= 0.3 is 5.69 Å². The van der Waals surface area contributed by atoms with E-state index in [9.17, 15) is 10.1 Å². The second kappa shape index (κ2) is 5.78. The lowest BCUT2D eigenvalue weighted by Crippen LogP contribution is -2.43.